The van der Waals surface area contributed by atoms with Crippen LogP contribution in [0.4, 0.5) is 0 Å². The van der Waals surface area contributed by atoms with Gasteiger partial charge < -0.3 is 4.90 Å². The Morgan fingerprint density at radius 2 is 2.28 bits per heavy atom. The lowest BCUT2D eigenvalue weighted by Crippen LogP contribution is -2.34. The van der Waals surface area contributed by atoms with Crippen LogP contribution in [0.25, 0.3) is 0 Å². The quantitative estimate of drug-likeness (QED) is 0.780. The van der Waals surface area contributed by atoms with Gasteiger partial charge in [-0.05, 0) is 54.0 Å². The lowest BCUT2D eigenvalue weighted by Gasteiger charge is -2.22. The Hall–Kier alpha value is -1.09. The van der Waals surface area contributed by atoms with Gasteiger partial charge in [0, 0.05) is 16.2 Å². The third kappa shape index (κ3) is 2.83. The van der Waals surface area contributed by atoms with Crippen LogP contribution >= 0.6 is 22.6 Å². The van der Waals surface area contributed by atoms with Crippen molar-refractivity contribution in [2.45, 2.75) is 32.2 Å². The summed E-state index contributed by atoms with van der Waals surface area (Å²) in [6.45, 7) is 2.55. The van der Waals surface area contributed by atoms with E-state index >= 15 is 0 Å². The van der Waals surface area contributed by atoms with Gasteiger partial charge in [0.05, 0.1) is 18.1 Å². The summed E-state index contributed by atoms with van der Waals surface area (Å²) in [6, 6.07) is 8.27. The third-order valence-corrected chi connectivity index (χ3v) is 4.57. The van der Waals surface area contributed by atoms with Gasteiger partial charge in [-0.2, -0.15) is 5.26 Å². The van der Waals surface area contributed by atoms with Crippen molar-refractivity contribution in [3.63, 3.8) is 0 Å². The molecule has 94 valence electrons. The van der Waals surface area contributed by atoms with Crippen molar-refractivity contribution in [3.05, 3.63) is 32.9 Å². The monoisotopic (exact) mass is 354 g/mol. The van der Waals surface area contributed by atoms with Crippen molar-refractivity contribution in [2.24, 2.45) is 0 Å². The molecule has 0 aromatic heterocycles. The Morgan fingerprint density at radius 1 is 1.56 bits per heavy atom. The predicted octanol–water partition coefficient (Wildman–Crippen LogP) is 3.12. The summed E-state index contributed by atoms with van der Waals surface area (Å²) < 4.78 is 1.02. The molecule has 0 aliphatic heterocycles. The highest BCUT2D eigenvalue weighted by Gasteiger charge is 2.33. The van der Waals surface area contributed by atoms with Gasteiger partial charge in [-0.1, -0.05) is 12.1 Å². The SMILES string of the molecule is Cc1cccc(C(=O)N(CCC#N)C2CC2)c1I. The van der Waals surface area contributed by atoms with E-state index < -0.39 is 0 Å². The molecule has 1 fully saturated rings. The first kappa shape index (κ1) is 13.3. The molecule has 1 aliphatic carbocycles. The minimum Gasteiger partial charge on any atom is -0.335 e. The first-order valence-corrected chi connectivity index (χ1v) is 7.16. The second-order valence-electron chi connectivity index (χ2n) is 4.57. The fraction of sp³-hybridized carbons (Fsp3) is 0.429. The van der Waals surface area contributed by atoms with E-state index in [0.29, 0.717) is 19.0 Å². The molecule has 0 unspecified atom stereocenters. The van der Waals surface area contributed by atoms with Crippen molar-refractivity contribution in [1.82, 2.24) is 4.90 Å². The number of amides is 1. The highest BCUT2D eigenvalue weighted by Crippen LogP contribution is 2.29. The second kappa shape index (κ2) is 5.70. The number of nitrogens with zero attached hydrogens (tertiary/aromatic N) is 2. The van der Waals surface area contributed by atoms with Crippen molar-refractivity contribution < 1.29 is 4.79 Å². The molecule has 1 saturated carbocycles. The highest BCUT2D eigenvalue weighted by atomic mass is 127. The van der Waals surface area contributed by atoms with Gasteiger partial charge in [0.1, 0.15) is 0 Å². The molecule has 0 bridgehead atoms. The molecule has 4 heteroatoms. The summed E-state index contributed by atoms with van der Waals surface area (Å²) in [5.41, 5.74) is 1.89. The predicted molar refractivity (Wildman–Crippen MR) is 78.2 cm³/mol. The number of hydrogen-bond acceptors (Lipinski definition) is 2. The largest absolute Gasteiger partial charge is 0.335 e. The van der Waals surface area contributed by atoms with Crippen LogP contribution in [0.5, 0.6) is 0 Å². The minimum atomic E-state index is 0.0702. The molecule has 1 aromatic rings. The van der Waals surface area contributed by atoms with Crippen LogP contribution in [0.2, 0.25) is 0 Å². The molecule has 3 nitrogen and oxygen atoms in total. The summed E-state index contributed by atoms with van der Waals surface area (Å²) in [5.74, 6) is 0.0702. The third-order valence-electron chi connectivity index (χ3n) is 3.14. The summed E-state index contributed by atoms with van der Waals surface area (Å²) in [7, 11) is 0. The number of carbonyl (C=O) groups is 1. The lowest BCUT2D eigenvalue weighted by molar-refractivity contribution is 0.0745. The average molecular weight is 354 g/mol. The molecule has 0 saturated heterocycles. The van der Waals surface area contributed by atoms with E-state index in [0.717, 1.165) is 27.5 Å². The average Bonchev–Trinajstić information content (AvgIpc) is 3.17. The molecular weight excluding hydrogens is 339 g/mol. The summed E-state index contributed by atoms with van der Waals surface area (Å²) in [6.07, 6.45) is 2.55. The van der Waals surface area contributed by atoms with Crippen molar-refractivity contribution in [1.29, 1.82) is 5.26 Å². The molecule has 2 rings (SSSR count). The second-order valence-corrected chi connectivity index (χ2v) is 5.65. The van der Waals surface area contributed by atoms with Gasteiger partial charge >= 0.3 is 0 Å². The maximum atomic E-state index is 12.5. The van der Waals surface area contributed by atoms with E-state index in [-0.39, 0.29) is 5.91 Å². The van der Waals surface area contributed by atoms with E-state index in [1.165, 1.54) is 0 Å². The van der Waals surface area contributed by atoms with Crippen LogP contribution < -0.4 is 0 Å². The van der Waals surface area contributed by atoms with Crippen LogP contribution in [0, 0.1) is 21.8 Å². The standard InChI is InChI=1S/C14H15IN2O/c1-10-4-2-5-12(13(10)15)14(18)17(9-3-8-16)11-6-7-11/h2,4-5,11H,3,6-7,9H2,1H3. The van der Waals surface area contributed by atoms with Crippen molar-refractivity contribution >= 4 is 28.5 Å². The zero-order chi connectivity index (χ0) is 13.1. The number of benzene rings is 1. The molecule has 0 atom stereocenters. The molecular formula is C14H15IN2O. The van der Waals surface area contributed by atoms with Crippen LogP contribution in [0.1, 0.15) is 35.2 Å². The Labute approximate surface area is 121 Å². The molecule has 1 amide bonds. The first-order valence-electron chi connectivity index (χ1n) is 6.08. The van der Waals surface area contributed by atoms with Crippen LogP contribution in [0.15, 0.2) is 18.2 Å². The van der Waals surface area contributed by atoms with E-state index in [1.54, 1.807) is 0 Å². The minimum absolute atomic E-state index is 0.0702. The number of aryl methyl sites for hydroxylation is 1. The maximum Gasteiger partial charge on any atom is 0.255 e. The van der Waals surface area contributed by atoms with Crippen LogP contribution in [0.3, 0.4) is 0 Å². The molecule has 1 aromatic carbocycles. The smallest absolute Gasteiger partial charge is 0.255 e. The van der Waals surface area contributed by atoms with Crippen molar-refractivity contribution in [3.8, 4) is 6.07 Å². The first-order chi connectivity index (χ1) is 8.65. The van der Waals surface area contributed by atoms with Crippen LogP contribution in [-0.2, 0) is 0 Å². The maximum absolute atomic E-state index is 12.5. The molecule has 0 spiro atoms. The number of carbonyl (C=O) groups excluding carboxylic acids is 1. The molecule has 0 heterocycles. The highest BCUT2D eigenvalue weighted by molar-refractivity contribution is 14.1. The fourth-order valence-corrected chi connectivity index (χ4v) is 2.56. The Morgan fingerprint density at radius 3 is 2.89 bits per heavy atom. The fourth-order valence-electron chi connectivity index (χ4n) is 1.97. The number of hydrogen-bond donors (Lipinski definition) is 0. The number of nitriles is 1. The Balaban J connectivity index is 2.22. The van der Waals surface area contributed by atoms with Gasteiger partial charge in [0.25, 0.3) is 5.91 Å². The van der Waals surface area contributed by atoms with Gasteiger partial charge in [-0.3, -0.25) is 4.79 Å². The Bertz CT molecular complexity index is 503. The summed E-state index contributed by atoms with van der Waals surface area (Å²) >= 11 is 2.22. The zero-order valence-corrected chi connectivity index (χ0v) is 12.5. The van der Waals surface area contributed by atoms with Crippen molar-refractivity contribution in [2.75, 3.05) is 6.54 Å². The zero-order valence-electron chi connectivity index (χ0n) is 10.3. The van der Waals surface area contributed by atoms with E-state index in [9.17, 15) is 4.79 Å². The van der Waals surface area contributed by atoms with Gasteiger partial charge in [0.2, 0.25) is 0 Å². The normalized spacial score (nSPS) is 14.1. The molecule has 0 N–H and O–H groups in total. The molecule has 1 aliphatic rings. The van der Waals surface area contributed by atoms with Crippen LogP contribution in [-0.4, -0.2) is 23.4 Å². The molecule has 0 radical (unpaired) electrons. The van der Waals surface area contributed by atoms with E-state index in [2.05, 4.69) is 28.7 Å². The lowest BCUT2D eigenvalue weighted by atomic mass is 10.1. The summed E-state index contributed by atoms with van der Waals surface area (Å²) in [5, 5.41) is 8.68. The van der Waals surface area contributed by atoms with E-state index in [4.69, 9.17) is 5.26 Å². The summed E-state index contributed by atoms with van der Waals surface area (Å²) in [4.78, 5) is 14.4. The van der Waals surface area contributed by atoms with Gasteiger partial charge in [-0.25, -0.2) is 0 Å². The number of rotatable bonds is 4. The molecule has 18 heavy (non-hydrogen) atoms. The topological polar surface area (TPSA) is 44.1 Å². The van der Waals surface area contributed by atoms with Gasteiger partial charge in [-0.15, -0.1) is 0 Å². The number of halogens is 1. The van der Waals surface area contributed by atoms with E-state index in [1.807, 2.05) is 30.0 Å². The Kier molecular flexibility index (Phi) is 4.23. The van der Waals surface area contributed by atoms with Gasteiger partial charge in [0.15, 0.2) is 0 Å².